The maximum absolute atomic E-state index is 12.7. The predicted molar refractivity (Wildman–Crippen MR) is 155 cm³/mol. The molecular formula is C32H33ClN2O4. The van der Waals surface area contributed by atoms with Gasteiger partial charge in [0, 0.05) is 5.69 Å². The SMILES string of the molecule is COc1cc(/C=C(\C#N)C(=O)Nc2cccc(C)c2)cc(Cl)c1OCCOc1ccc(C2CCCCC2)cc1. The van der Waals surface area contributed by atoms with Crippen molar-refractivity contribution >= 4 is 29.3 Å². The third-order valence-corrected chi connectivity index (χ3v) is 7.04. The number of anilines is 1. The summed E-state index contributed by atoms with van der Waals surface area (Å²) in [5, 5.41) is 12.6. The summed E-state index contributed by atoms with van der Waals surface area (Å²) in [5.41, 5.74) is 3.47. The molecule has 6 nitrogen and oxygen atoms in total. The zero-order valence-electron chi connectivity index (χ0n) is 22.3. The van der Waals surface area contributed by atoms with Crippen molar-refractivity contribution in [3.63, 3.8) is 0 Å². The lowest BCUT2D eigenvalue weighted by Gasteiger charge is -2.22. The molecule has 3 aromatic carbocycles. The van der Waals surface area contributed by atoms with E-state index in [1.54, 1.807) is 18.2 Å². The van der Waals surface area contributed by atoms with Crippen LogP contribution >= 0.6 is 11.6 Å². The van der Waals surface area contributed by atoms with E-state index in [2.05, 4.69) is 17.4 Å². The Hall–Kier alpha value is -3.95. The second-order valence-corrected chi connectivity index (χ2v) is 10.0. The maximum Gasteiger partial charge on any atom is 0.266 e. The lowest BCUT2D eigenvalue weighted by Crippen LogP contribution is -2.13. The fraction of sp³-hybridized carbons (Fsp3) is 0.312. The van der Waals surface area contributed by atoms with Crippen LogP contribution in [0.1, 0.15) is 54.7 Å². The molecule has 0 unspecified atom stereocenters. The highest BCUT2D eigenvalue weighted by Crippen LogP contribution is 2.37. The summed E-state index contributed by atoms with van der Waals surface area (Å²) in [7, 11) is 1.51. The van der Waals surface area contributed by atoms with Crippen molar-refractivity contribution in [1.29, 1.82) is 5.26 Å². The minimum atomic E-state index is -0.512. The van der Waals surface area contributed by atoms with E-state index >= 15 is 0 Å². The molecule has 202 valence electrons. The summed E-state index contributed by atoms with van der Waals surface area (Å²) in [6.07, 6.45) is 7.97. The van der Waals surface area contributed by atoms with Gasteiger partial charge in [-0.2, -0.15) is 5.26 Å². The number of nitriles is 1. The second kappa shape index (κ2) is 13.7. The molecule has 0 spiro atoms. The van der Waals surface area contributed by atoms with Crippen LogP contribution in [0.5, 0.6) is 17.2 Å². The van der Waals surface area contributed by atoms with Crippen molar-refractivity contribution < 1.29 is 19.0 Å². The molecule has 1 aliphatic rings. The summed E-state index contributed by atoms with van der Waals surface area (Å²) in [6, 6.07) is 21.0. The Labute approximate surface area is 235 Å². The fourth-order valence-electron chi connectivity index (χ4n) is 4.78. The first-order chi connectivity index (χ1) is 19.0. The van der Waals surface area contributed by atoms with E-state index in [0.29, 0.717) is 40.3 Å². The van der Waals surface area contributed by atoms with E-state index in [4.69, 9.17) is 25.8 Å². The van der Waals surface area contributed by atoms with Crippen molar-refractivity contribution in [3.8, 4) is 23.3 Å². The molecule has 1 fully saturated rings. The largest absolute Gasteiger partial charge is 0.493 e. The molecule has 4 rings (SSSR count). The van der Waals surface area contributed by atoms with Crippen LogP contribution in [0.3, 0.4) is 0 Å². The molecule has 0 atom stereocenters. The number of ether oxygens (including phenoxy) is 3. The Morgan fingerprint density at radius 3 is 2.49 bits per heavy atom. The predicted octanol–water partition coefficient (Wildman–Crippen LogP) is 7.71. The van der Waals surface area contributed by atoms with E-state index in [1.807, 2.05) is 43.3 Å². The number of methoxy groups -OCH3 is 1. The Morgan fingerprint density at radius 1 is 1.05 bits per heavy atom. The highest BCUT2D eigenvalue weighted by Gasteiger charge is 2.16. The van der Waals surface area contributed by atoms with E-state index < -0.39 is 5.91 Å². The van der Waals surface area contributed by atoms with Crippen LogP contribution in [0.25, 0.3) is 6.08 Å². The normalized spacial score (nSPS) is 13.8. The molecule has 1 saturated carbocycles. The molecule has 1 N–H and O–H groups in total. The fourth-order valence-corrected chi connectivity index (χ4v) is 5.05. The van der Waals surface area contributed by atoms with Gasteiger partial charge in [-0.15, -0.1) is 0 Å². The van der Waals surface area contributed by atoms with Crippen molar-refractivity contribution in [2.75, 3.05) is 25.6 Å². The molecule has 3 aromatic rings. The van der Waals surface area contributed by atoms with E-state index in [0.717, 1.165) is 11.3 Å². The van der Waals surface area contributed by atoms with Gasteiger partial charge in [0.2, 0.25) is 0 Å². The van der Waals surface area contributed by atoms with Crippen LogP contribution in [0, 0.1) is 18.3 Å². The third-order valence-electron chi connectivity index (χ3n) is 6.76. The van der Waals surface area contributed by atoms with Crippen LogP contribution in [-0.4, -0.2) is 26.2 Å². The van der Waals surface area contributed by atoms with E-state index in [-0.39, 0.29) is 12.2 Å². The number of benzene rings is 3. The lowest BCUT2D eigenvalue weighted by atomic mass is 9.84. The van der Waals surface area contributed by atoms with Crippen molar-refractivity contribution in [2.45, 2.75) is 44.9 Å². The number of amides is 1. The molecule has 39 heavy (non-hydrogen) atoms. The highest BCUT2D eigenvalue weighted by molar-refractivity contribution is 6.32. The first-order valence-corrected chi connectivity index (χ1v) is 13.6. The summed E-state index contributed by atoms with van der Waals surface area (Å²) in [4.78, 5) is 12.7. The second-order valence-electron chi connectivity index (χ2n) is 9.63. The van der Waals surface area contributed by atoms with Crippen LogP contribution in [0.2, 0.25) is 5.02 Å². The lowest BCUT2D eigenvalue weighted by molar-refractivity contribution is -0.112. The highest BCUT2D eigenvalue weighted by atomic mass is 35.5. The summed E-state index contributed by atoms with van der Waals surface area (Å²) in [6.45, 7) is 2.52. The Kier molecular flexibility index (Phi) is 9.88. The van der Waals surface area contributed by atoms with Crippen molar-refractivity contribution in [2.24, 2.45) is 0 Å². The number of hydrogen-bond donors (Lipinski definition) is 1. The van der Waals surface area contributed by atoms with Crippen LogP contribution in [-0.2, 0) is 4.79 Å². The Balaban J connectivity index is 1.35. The number of rotatable bonds is 10. The van der Waals surface area contributed by atoms with Crippen LogP contribution in [0.4, 0.5) is 5.69 Å². The number of carbonyl (C=O) groups excluding carboxylic acids is 1. The zero-order chi connectivity index (χ0) is 27.6. The molecule has 0 aromatic heterocycles. The van der Waals surface area contributed by atoms with Gasteiger partial charge < -0.3 is 19.5 Å². The molecule has 0 bridgehead atoms. The van der Waals surface area contributed by atoms with Crippen LogP contribution < -0.4 is 19.5 Å². The molecule has 7 heteroatoms. The molecule has 1 aliphatic carbocycles. The number of nitrogens with zero attached hydrogens (tertiary/aromatic N) is 1. The molecule has 1 amide bonds. The molecule has 0 aliphatic heterocycles. The standard InChI is InChI=1S/C32H33ClN2O4/c1-22-7-6-10-27(17-22)35-32(36)26(21-34)18-23-19-29(33)31(30(20-23)37-2)39-16-15-38-28-13-11-25(12-14-28)24-8-4-3-5-9-24/h6-7,10-14,17-20,24H,3-5,8-9,15-16H2,1-2H3,(H,35,36)/b26-18+. The number of aryl methyl sites for hydroxylation is 1. The maximum atomic E-state index is 12.7. The van der Waals surface area contributed by atoms with E-state index in [1.165, 1.54) is 50.9 Å². The smallest absolute Gasteiger partial charge is 0.266 e. The molecular weight excluding hydrogens is 512 g/mol. The quantitative estimate of drug-likeness (QED) is 0.161. The number of nitrogens with one attached hydrogen (secondary N) is 1. The van der Waals surface area contributed by atoms with Gasteiger partial charge in [-0.1, -0.05) is 55.1 Å². The molecule has 0 heterocycles. The number of hydrogen-bond acceptors (Lipinski definition) is 5. The minimum Gasteiger partial charge on any atom is -0.493 e. The van der Waals surface area contributed by atoms with Gasteiger partial charge >= 0.3 is 0 Å². The zero-order valence-corrected chi connectivity index (χ0v) is 23.1. The van der Waals surface area contributed by atoms with Gasteiger partial charge in [0.05, 0.1) is 12.1 Å². The summed E-state index contributed by atoms with van der Waals surface area (Å²) < 4.78 is 17.2. The topological polar surface area (TPSA) is 80.6 Å². The summed E-state index contributed by atoms with van der Waals surface area (Å²) in [5.74, 6) is 1.71. The van der Waals surface area contributed by atoms with Gasteiger partial charge in [-0.3, -0.25) is 4.79 Å². The number of carbonyl (C=O) groups is 1. The Bertz CT molecular complexity index is 1360. The Morgan fingerprint density at radius 2 is 1.79 bits per heavy atom. The minimum absolute atomic E-state index is 0.0637. The molecule has 0 radical (unpaired) electrons. The van der Waals surface area contributed by atoms with Gasteiger partial charge in [0.15, 0.2) is 11.5 Å². The van der Waals surface area contributed by atoms with Crippen molar-refractivity contribution in [1.82, 2.24) is 0 Å². The first-order valence-electron chi connectivity index (χ1n) is 13.2. The molecule has 0 saturated heterocycles. The van der Waals surface area contributed by atoms with Crippen molar-refractivity contribution in [3.05, 3.63) is 87.9 Å². The summed E-state index contributed by atoms with van der Waals surface area (Å²) >= 11 is 6.50. The van der Waals surface area contributed by atoms with Gasteiger partial charge in [0.25, 0.3) is 5.91 Å². The monoisotopic (exact) mass is 544 g/mol. The van der Waals surface area contributed by atoms with E-state index in [9.17, 15) is 10.1 Å². The van der Waals surface area contributed by atoms with Crippen LogP contribution in [0.15, 0.2) is 66.2 Å². The van der Waals surface area contributed by atoms with Gasteiger partial charge in [0.1, 0.15) is 30.6 Å². The third kappa shape index (κ3) is 7.78. The average molecular weight is 545 g/mol. The van der Waals surface area contributed by atoms with Gasteiger partial charge in [-0.25, -0.2) is 0 Å². The van der Waals surface area contributed by atoms with Gasteiger partial charge in [-0.05, 0) is 84.8 Å². The average Bonchev–Trinajstić information content (AvgIpc) is 2.95. The number of halogens is 1. The first kappa shape index (κ1) is 28.1.